The van der Waals surface area contributed by atoms with Crippen LogP contribution in [0, 0.1) is 0 Å². The number of hydrogen-bond donors (Lipinski definition) is 1. The molecule has 0 amide bonds. The van der Waals surface area contributed by atoms with Gasteiger partial charge in [-0.1, -0.05) is 101 Å². The van der Waals surface area contributed by atoms with E-state index in [1.54, 1.807) is 12.1 Å². The van der Waals surface area contributed by atoms with Gasteiger partial charge in [0.1, 0.15) is 12.3 Å². The molecular formula is C27H33ClN2O3S2. The standard InChI is InChI=1S/C27H33ClN2O3S2/c1-26(2,3)34-25(35-27(4,5)6)21-19-14-10-11-15-20(19)30(23(21)28)16-17-12-8-9-13-18(17)22(24(31)32)29-33-7/h8-15,25H,16H2,1-7H3,(H,31,32). The quantitative estimate of drug-likeness (QED) is 0.182. The van der Waals surface area contributed by atoms with Crippen LogP contribution in [-0.2, 0) is 16.2 Å². The maximum Gasteiger partial charge on any atom is 0.358 e. The number of aromatic nitrogens is 1. The molecule has 1 N–H and O–H groups in total. The van der Waals surface area contributed by atoms with Crippen molar-refractivity contribution in [2.24, 2.45) is 5.16 Å². The minimum absolute atomic E-state index is 0.0368. The number of oxime groups is 1. The summed E-state index contributed by atoms with van der Waals surface area (Å²) in [7, 11) is 1.34. The lowest BCUT2D eigenvalue weighted by Gasteiger charge is -2.30. The Morgan fingerprint density at radius 2 is 1.60 bits per heavy atom. The number of nitrogens with zero attached hydrogens (tertiary/aromatic N) is 2. The van der Waals surface area contributed by atoms with E-state index in [0.717, 1.165) is 22.0 Å². The van der Waals surface area contributed by atoms with Crippen LogP contribution in [0.2, 0.25) is 5.15 Å². The van der Waals surface area contributed by atoms with Crippen molar-refractivity contribution in [2.75, 3.05) is 7.11 Å². The van der Waals surface area contributed by atoms with Gasteiger partial charge in [0.05, 0.1) is 4.58 Å². The molecule has 0 saturated heterocycles. The van der Waals surface area contributed by atoms with E-state index in [9.17, 15) is 9.90 Å². The van der Waals surface area contributed by atoms with Crippen molar-refractivity contribution in [3.8, 4) is 0 Å². The molecule has 0 unspecified atom stereocenters. The molecule has 0 bridgehead atoms. The Balaban J connectivity index is 2.20. The van der Waals surface area contributed by atoms with Crippen LogP contribution in [0.3, 0.4) is 0 Å². The molecule has 0 fully saturated rings. The zero-order valence-corrected chi connectivity index (χ0v) is 23.6. The summed E-state index contributed by atoms with van der Waals surface area (Å²) in [4.78, 5) is 16.7. The van der Waals surface area contributed by atoms with Crippen LogP contribution in [0.4, 0.5) is 0 Å². The van der Waals surface area contributed by atoms with Gasteiger partial charge in [-0.3, -0.25) is 0 Å². The van der Waals surface area contributed by atoms with Crippen LogP contribution in [0.5, 0.6) is 0 Å². The largest absolute Gasteiger partial charge is 0.476 e. The third-order valence-electron chi connectivity index (χ3n) is 5.09. The van der Waals surface area contributed by atoms with E-state index in [4.69, 9.17) is 16.4 Å². The molecule has 8 heteroatoms. The smallest absolute Gasteiger partial charge is 0.358 e. The molecule has 1 heterocycles. The van der Waals surface area contributed by atoms with Gasteiger partial charge in [0, 0.05) is 38.1 Å². The third kappa shape index (κ3) is 6.78. The van der Waals surface area contributed by atoms with Crippen LogP contribution in [0.15, 0.2) is 53.7 Å². The average Bonchev–Trinajstić information content (AvgIpc) is 3.01. The lowest BCUT2D eigenvalue weighted by Crippen LogP contribution is -2.18. The molecule has 5 nitrogen and oxygen atoms in total. The Bertz CT molecular complexity index is 1220. The number of halogens is 1. The van der Waals surface area contributed by atoms with Crippen molar-refractivity contribution < 1.29 is 14.7 Å². The summed E-state index contributed by atoms with van der Waals surface area (Å²) in [6.07, 6.45) is 0. The van der Waals surface area contributed by atoms with Crippen LogP contribution < -0.4 is 0 Å². The molecule has 0 aliphatic carbocycles. The van der Waals surface area contributed by atoms with Crippen molar-refractivity contribution in [1.29, 1.82) is 0 Å². The second-order valence-electron chi connectivity index (χ2n) is 10.2. The number of fused-ring (bicyclic) bond motifs is 1. The summed E-state index contributed by atoms with van der Waals surface area (Å²) in [5, 5.41) is 15.3. The molecule has 35 heavy (non-hydrogen) atoms. The highest BCUT2D eigenvalue weighted by Gasteiger charge is 2.31. The number of thioether (sulfide) groups is 2. The van der Waals surface area contributed by atoms with Crippen molar-refractivity contribution in [3.05, 3.63) is 70.4 Å². The minimum Gasteiger partial charge on any atom is -0.476 e. The van der Waals surface area contributed by atoms with Gasteiger partial charge in [0.2, 0.25) is 0 Å². The Labute approximate surface area is 221 Å². The number of aliphatic carboxylic acids is 1. The molecule has 0 radical (unpaired) electrons. The van der Waals surface area contributed by atoms with E-state index in [2.05, 4.69) is 63.4 Å². The highest BCUT2D eigenvalue weighted by Crippen LogP contribution is 2.54. The number of rotatable bonds is 8. The first kappa shape index (κ1) is 27.5. The van der Waals surface area contributed by atoms with Gasteiger partial charge in [-0.05, 0) is 11.6 Å². The van der Waals surface area contributed by atoms with Gasteiger partial charge in [0.25, 0.3) is 0 Å². The van der Waals surface area contributed by atoms with E-state index < -0.39 is 5.97 Å². The zero-order valence-electron chi connectivity index (χ0n) is 21.3. The van der Waals surface area contributed by atoms with E-state index in [0.29, 0.717) is 17.3 Å². The Hall–Kier alpha value is -2.09. The molecule has 0 aliphatic rings. The van der Waals surface area contributed by atoms with Crippen molar-refractivity contribution >= 4 is 57.7 Å². The molecule has 3 rings (SSSR count). The SMILES string of the molecule is CON=C(C(=O)O)c1ccccc1Cn1c(Cl)c(C(SC(C)(C)C)SC(C)(C)C)c2ccccc21. The first-order valence-corrected chi connectivity index (χ1v) is 13.5. The number of para-hydroxylation sites is 1. The lowest BCUT2D eigenvalue weighted by atomic mass is 10.0. The molecule has 0 atom stereocenters. The van der Waals surface area contributed by atoms with E-state index >= 15 is 0 Å². The Kier molecular flexibility index (Phi) is 8.56. The number of carboxylic acid groups (broad SMARTS) is 1. The maximum absolute atomic E-state index is 11.9. The first-order valence-electron chi connectivity index (χ1n) is 11.4. The summed E-state index contributed by atoms with van der Waals surface area (Å²) in [6, 6.07) is 15.6. The van der Waals surface area contributed by atoms with Crippen molar-refractivity contribution in [3.63, 3.8) is 0 Å². The normalized spacial score (nSPS) is 13.0. The summed E-state index contributed by atoms with van der Waals surface area (Å²) >= 11 is 11.0. The summed E-state index contributed by atoms with van der Waals surface area (Å²) in [5.41, 5.74) is 3.27. The molecule has 0 saturated carbocycles. The predicted octanol–water partition coefficient (Wildman–Crippen LogP) is 7.84. The van der Waals surface area contributed by atoms with Gasteiger partial charge in [-0.25, -0.2) is 4.79 Å². The fourth-order valence-electron chi connectivity index (χ4n) is 3.82. The predicted molar refractivity (Wildman–Crippen MR) is 151 cm³/mol. The number of hydrogen-bond acceptors (Lipinski definition) is 5. The minimum atomic E-state index is -1.15. The molecular weight excluding hydrogens is 500 g/mol. The summed E-state index contributed by atoms with van der Waals surface area (Å²) < 4.78 is 2.26. The van der Waals surface area contributed by atoms with Crippen LogP contribution in [-0.4, -0.2) is 38.0 Å². The van der Waals surface area contributed by atoms with Crippen LogP contribution >= 0.6 is 35.1 Å². The third-order valence-corrected chi connectivity index (χ3v) is 8.39. The highest BCUT2D eigenvalue weighted by molar-refractivity contribution is 8.17. The van der Waals surface area contributed by atoms with Gasteiger partial charge >= 0.3 is 5.97 Å². The number of carbonyl (C=O) groups is 1. The van der Waals surface area contributed by atoms with Gasteiger partial charge < -0.3 is 14.5 Å². The summed E-state index contributed by atoms with van der Waals surface area (Å²) in [6.45, 7) is 13.7. The Morgan fingerprint density at radius 3 is 2.17 bits per heavy atom. The monoisotopic (exact) mass is 532 g/mol. The van der Waals surface area contributed by atoms with Crippen molar-refractivity contribution in [2.45, 2.75) is 62.2 Å². The van der Waals surface area contributed by atoms with Gasteiger partial charge in [-0.15, -0.1) is 23.5 Å². The number of benzene rings is 2. The molecule has 0 aliphatic heterocycles. The topological polar surface area (TPSA) is 63.8 Å². The zero-order chi connectivity index (χ0) is 26.0. The second-order valence-corrected chi connectivity index (χ2v) is 14.7. The van der Waals surface area contributed by atoms with Gasteiger partial charge in [-0.2, -0.15) is 0 Å². The lowest BCUT2D eigenvalue weighted by molar-refractivity contribution is -0.129. The molecule has 188 valence electrons. The first-order chi connectivity index (χ1) is 16.3. The van der Waals surface area contributed by atoms with Crippen LogP contribution in [0.1, 0.15) is 62.8 Å². The fourth-order valence-corrected chi connectivity index (χ4v) is 8.23. The van der Waals surface area contributed by atoms with Gasteiger partial charge in [0.15, 0.2) is 5.71 Å². The molecule has 2 aromatic carbocycles. The van der Waals surface area contributed by atoms with E-state index in [1.807, 2.05) is 47.8 Å². The summed E-state index contributed by atoms with van der Waals surface area (Å²) in [5.74, 6) is -1.15. The number of carboxylic acids is 1. The fraction of sp³-hybridized carbons (Fsp3) is 0.407. The average molecular weight is 533 g/mol. The van der Waals surface area contributed by atoms with E-state index in [1.165, 1.54) is 7.11 Å². The van der Waals surface area contributed by atoms with Crippen LogP contribution in [0.25, 0.3) is 10.9 Å². The van der Waals surface area contributed by atoms with Crippen molar-refractivity contribution in [1.82, 2.24) is 4.57 Å². The molecule has 0 spiro atoms. The molecule has 1 aromatic heterocycles. The highest BCUT2D eigenvalue weighted by atomic mass is 35.5. The second kappa shape index (κ2) is 10.9. The maximum atomic E-state index is 11.9. The molecule has 3 aromatic rings. The van der Waals surface area contributed by atoms with E-state index in [-0.39, 0.29) is 19.8 Å². The Morgan fingerprint density at radius 1 is 1.03 bits per heavy atom.